The number of hydrogen-bond acceptors (Lipinski definition) is 4. The third kappa shape index (κ3) is 2.32. The van der Waals surface area contributed by atoms with Crippen LogP contribution >= 0.6 is 15.9 Å². The molecule has 1 heterocycles. The molecule has 0 amide bonds. The molecule has 0 saturated heterocycles. The molecule has 1 aliphatic carbocycles. The molecule has 0 aliphatic heterocycles. The highest BCUT2D eigenvalue weighted by molar-refractivity contribution is 9.10. The first-order valence-corrected chi connectivity index (χ1v) is 7.82. The van der Waals surface area contributed by atoms with Crippen molar-refractivity contribution >= 4 is 33.3 Å². The van der Waals surface area contributed by atoms with Crippen LogP contribution in [0.4, 0.5) is 0 Å². The number of carbonyl (C=O) groups is 3. The standard InChI is InChI=1S/C18H13BrO4/c1-8-9(2)16(22)14-13(15(8)21)17(10(3)20)23-18(14)11-4-6-12(19)7-5-11/h4-7H,1-3H3. The predicted molar refractivity (Wildman–Crippen MR) is 88.9 cm³/mol. The minimum atomic E-state index is -0.377. The summed E-state index contributed by atoms with van der Waals surface area (Å²) in [5.74, 6) is -0.759. The quantitative estimate of drug-likeness (QED) is 0.721. The summed E-state index contributed by atoms with van der Waals surface area (Å²) >= 11 is 3.35. The fraction of sp³-hybridized carbons (Fsp3) is 0.167. The van der Waals surface area contributed by atoms with Crippen LogP contribution in [0.2, 0.25) is 0 Å². The van der Waals surface area contributed by atoms with Crippen LogP contribution in [0, 0.1) is 0 Å². The molecule has 116 valence electrons. The highest BCUT2D eigenvalue weighted by Crippen LogP contribution is 2.38. The summed E-state index contributed by atoms with van der Waals surface area (Å²) < 4.78 is 6.54. The number of benzene rings is 1. The lowest BCUT2D eigenvalue weighted by Gasteiger charge is -2.14. The molecular formula is C18H13BrO4. The van der Waals surface area contributed by atoms with E-state index in [1.54, 1.807) is 38.1 Å². The smallest absolute Gasteiger partial charge is 0.195 e. The Balaban J connectivity index is 2.35. The fourth-order valence-electron chi connectivity index (χ4n) is 2.63. The van der Waals surface area contributed by atoms with E-state index in [0.29, 0.717) is 16.7 Å². The molecule has 1 aromatic carbocycles. The molecule has 0 N–H and O–H groups in total. The van der Waals surface area contributed by atoms with E-state index in [9.17, 15) is 14.4 Å². The lowest BCUT2D eigenvalue weighted by molar-refractivity contribution is 0.0957. The minimum Gasteiger partial charge on any atom is -0.451 e. The summed E-state index contributed by atoms with van der Waals surface area (Å²) in [6, 6.07) is 7.15. The number of Topliss-reactive ketones (excluding diaryl/α,β-unsaturated/α-hetero) is 3. The number of ketones is 3. The normalized spacial score (nSPS) is 14.3. The van der Waals surface area contributed by atoms with Gasteiger partial charge in [0.1, 0.15) is 5.76 Å². The Morgan fingerprint density at radius 1 is 0.957 bits per heavy atom. The van der Waals surface area contributed by atoms with Crippen LogP contribution in [-0.4, -0.2) is 17.3 Å². The van der Waals surface area contributed by atoms with Crippen LogP contribution in [0.25, 0.3) is 11.3 Å². The van der Waals surface area contributed by atoms with E-state index < -0.39 is 0 Å². The van der Waals surface area contributed by atoms with E-state index in [1.807, 2.05) is 0 Å². The Morgan fingerprint density at radius 2 is 1.48 bits per heavy atom. The number of furan rings is 1. The van der Waals surface area contributed by atoms with Crippen LogP contribution in [0.3, 0.4) is 0 Å². The largest absolute Gasteiger partial charge is 0.451 e. The van der Waals surface area contributed by atoms with Gasteiger partial charge in [-0.2, -0.15) is 0 Å². The zero-order chi connectivity index (χ0) is 16.9. The van der Waals surface area contributed by atoms with Gasteiger partial charge in [0.05, 0.1) is 11.1 Å². The molecule has 1 aliphatic rings. The first-order valence-electron chi connectivity index (χ1n) is 7.03. The Bertz CT molecular complexity index is 898. The third-order valence-corrected chi connectivity index (χ3v) is 4.56. The van der Waals surface area contributed by atoms with Gasteiger partial charge in [-0.05, 0) is 26.0 Å². The van der Waals surface area contributed by atoms with Crippen LogP contribution < -0.4 is 0 Å². The lowest BCUT2D eigenvalue weighted by Crippen LogP contribution is -2.20. The maximum atomic E-state index is 12.7. The van der Waals surface area contributed by atoms with Gasteiger partial charge in [-0.3, -0.25) is 14.4 Å². The van der Waals surface area contributed by atoms with E-state index in [2.05, 4.69) is 15.9 Å². The molecular weight excluding hydrogens is 360 g/mol. The van der Waals surface area contributed by atoms with E-state index >= 15 is 0 Å². The molecule has 23 heavy (non-hydrogen) atoms. The molecule has 0 atom stereocenters. The van der Waals surface area contributed by atoms with Gasteiger partial charge >= 0.3 is 0 Å². The highest BCUT2D eigenvalue weighted by atomic mass is 79.9. The van der Waals surface area contributed by atoms with Gasteiger partial charge in [-0.1, -0.05) is 28.1 Å². The highest BCUT2D eigenvalue weighted by Gasteiger charge is 2.37. The molecule has 3 rings (SSSR count). The molecule has 1 aromatic heterocycles. The lowest BCUT2D eigenvalue weighted by atomic mass is 9.84. The van der Waals surface area contributed by atoms with Gasteiger partial charge in [-0.15, -0.1) is 0 Å². The Morgan fingerprint density at radius 3 is 2.00 bits per heavy atom. The second-order valence-electron chi connectivity index (χ2n) is 5.48. The van der Waals surface area contributed by atoms with Crippen molar-refractivity contribution in [1.82, 2.24) is 0 Å². The fourth-order valence-corrected chi connectivity index (χ4v) is 2.90. The number of allylic oxidation sites excluding steroid dienone is 2. The van der Waals surface area contributed by atoms with Crippen LogP contribution in [0.1, 0.15) is 52.0 Å². The zero-order valence-electron chi connectivity index (χ0n) is 12.8. The third-order valence-electron chi connectivity index (χ3n) is 4.03. The molecule has 0 spiro atoms. The molecule has 0 saturated carbocycles. The van der Waals surface area contributed by atoms with Crippen molar-refractivity contribution in [2.75, 3.05) is 0 Å². The summed E-state index contributed by atoms with van der Waals surface area (Å²) in [6.45, 7) is 4.53. The molecule has 0 radical (unpaired) electrons. The Hall–Kier alpha value is -2.27. The van der Waals surface area contributed by atoms with Crippen molar-refractivity contribution in [3.63, 3.8) is 0 Å². The number of carbonyl (C=O) groups excluding carboxylic acids is 3. The maximum Gasteiger partial charge on any atom is 0.195 e. The minimum absolute atomic E-state index is 0.0527. The summed E-state index contributed by atoms with van der Waals surface area (Å²) in [5.41, 5.74) is 1.66. The van der Waals surface area contributed by atoms with Crippen molar-refractivity contribution in [2.45, 2.75) is 20.8 Å². The Kier molecular flexibility index (Phi) is 3.68. The van der Waals surface area contributed by atoms with Gasteiger partial charge < -0.3 is 4.42 Å². The molecule has 0 bridgehead atoms. The van der Waals surface area contributed by atoms with Gasteiger partial charge in [0.2, 0.25) is 0 Å². The summed E-state index contributed by atoms with van der Waals surface area (Å²) in [4.78, 5) is 37.1. The van der Waals surface area contributed by atoms with Gasteiger partial charge in [-0.25, -0.2) is 0 Å². The molecule has 4 nitrogen and oxygen atoms in total. The van der Waals surface area contributed by atoms with E-state index in [-0.39, 0.29) is 40.0 Å². The second-order valence-corrected chi connectivity index (χ2v) is 6.40. The number of fused-ring (bicyclic) bond motifs is 1. The first kappa shape index (κ1) is 15.6. The van der Waals surface area contributed by atoms with Gasteiger partial charge in [0.25, 0.3) is 0 Å². The molecule has 0 fully saturated rings. The molecule has 5 heteroatoms. The van der Waals surface area contributed by atoms with Crippen molar-refractivity contribution in [1.29, 1.82) is 0 Å². The number of rotatable bonds is 2. The average molecular weight is 373 g/mol. The van der Waals surface area contributed by atoms with Crippen LogP contribution in [0.15, 0.2) is 44.3 Å². The molecule has 2 aromatic rings. The van der Waals surface area contributed by atoms with Crippen molar-refractivity contribution in [2.24, 2.45) is 0 Å². The van der Waals surface area contributed by atoms with Gasteiger partial charge in [0.15, 0.2) is 23.1 Å². The predicted octanol–water partition coefficient (Wildman–Crippen LogP) is 4.63. The maximum absolute atomic E-state index is 12.7. The first-order chi connectivity index (χ1) is 10.8. The number of hydrogen-bond donors (Lipinski definition) is 0. The SMILES string of the molecule is CC(=O)c1oc(-c2ccc(Br)cc2)c2c1C(=O)C(C)=C(C)C2=O. The van der Waals surface area contributed by atoms with Crippen molar-refractivity contribution < 1.29 is 18.8 Å². The summed E-state index contributed by atoms with van der Waals surface area (Å²) in [6.07, 6.45) is 0. The van der Waals surface area contributed by atoms with E-state index in [4.69, 9.17) is 4.42 Å². The molecule has 0 unspecified atom stereocenters. The monoisotopic (exact) mass is 372 g/mol. The average Bonchev–Trinajstić information content (AvgIpc) is 2.92. The van der Waals surface area contributed by atoms with Crippen LogP contribution in [-0.2, 0) is 0 Å². The van der Waals surface area contributed by atoms with E-state index in [1.165, 1.54) is 6.92 Å². The second kappa shape index (κ2) is 5.42. The van der Waals surface area contributed by atoms with Crippen molar-refractivity contribution in [3.8, 4) is 11.3 Å². The van der Waals surface area contributed by atoms with Crippen molar-refractivity contribution in [3.05, 3.63) is 56.8 Å². The number of halogens is 1. The van der Waals surface area contributed by atoms with Crippen LogP contribution in [0.5, 0.6) is 0 Å². The van der Waals surface area contributed by atoms with Gasteiger partial charge in [0, 0.05) is 28.1 Å². The zero-order valence-corrected chi connectivity index (χ0v) is 14.4. The summed E-state index contributed by atoms with van der Waals surface area (Å²) in [5, 5.41) is 0. The van der Waals surface area contributed by atoms with E-state index in [0.717, 1.165) is 4.47 Å². The Labute approximate surface area is 141 Å². The topological polar surface area (TPSA) is 64.3 Å². The summed E-state index contributed by atoms with van der Waals surface area (Å²) in [7, 11) is 0.